The van der Waals surface area contributed by atoms with Crippen LogP contribution in [0.1, 0.15) is 11.7 Å². The highest BCUT2D eigenvalue weighted by Crippen LogP contribution is 2.31. The number of amidine groups is 1. The number of halogens is 1. The minimum atomic E-state index is -0.400. The van der Waals surface area contributed by atoms with Gasteiger partial charge in [0.1, 0.15) is 5.70 Å². The highest BCUT2D eigenvalue weighted by Gasteiger charge is 2.34. The second-order valence-electron chi connectivity index (χ2n) is 5.73. The van der Waals surface area contributed by atoms with Crippen molar-refractivity contribution in [3.05, 3.63) is 81.8 Å². The molecule has 26 heavy (non-hydrogen) atoms. The van der Waals surface area contributed by atoms with Crippen LogP contribution in [0, 0.1) is 0 Å². The van der Waals surface area contributed by atoms with Gasteiger partial charge in [-0.3, -0.25) is 15.1 Å². The zero-order chi connectivity index (χ0) is 18.1. The molecular weight excluding hydrogens is 412 g/mol. The Morgan fingerprint density at radius 3 is 2.92 bits per heavy atom. The number of nitrogens with one attached hydrogen (secondary N) is 1. The second-order valence-corrected chi connectivity index (χ2v) is 7.65. The van der Waals surface area contributed by atoms with E-state index < -0.39 is 6.17 Å². The lowest BCUT2D eigenvalue weighted by atomic mass is 10.1. The van der Waals surface area contributed by atoms with Gasteiger partial charge in [0, 0.05) is 15.4 Å². The zero-order valence-corrected chi connectivity index (χ0v) is 16.1. The third kappa shape index (κ3) is 3.08. The molecule has 2 aliphatic heterocycles. The largest absolute Gasteiger partial charge is 0.298 e. The van der Waals surface area contributed by atoms with Gasteiger partial charge in [-0.1, -0.05) is 64.1 Å². The van der Waals surface area contributed by atoms with E-state index in [1.807, 2.05) is 48.5 Å². The summed E-state index contributed by atoms with van der Waals surface area (Å²) >= 11 is 4.94. The second kappa shape index (κ2) is 7.09. The number of benzene rings is 2. The summed E-state index contributed by atoms with van der Waals surface area (Å²) in [6.07, 6.45) is 1.38. The number of rotatable bonds is 3. The first-order valence-corrected chi connectivity index (χ1v) is 9.81. The molecular formula is C19H15BrN4OS. The lowest BCUT2D eigenvalue weighted by Gasteiger charge is -2.34. The van der Waals surface area contributed by atoms with Crippen molar-refractivity contribution in [1.29, 1.82) is 0 Å². The highest BCUT2D eigenvalue weighted by atomic mass is 79.9. The Labute approximate surface area is 163 Å². The van der Waals surface area contributed by atoms with E-state index in [4.69, 9.17) is 4.99 Å². The van der Waals surface area contributed by atoms with Crippen LogP contribution in [0.25, 0.3) is 5.70 Å². The quantitative estimate of drug-likeness (QED) is 0.767. The number of para-hydroxylation sites is 1. The molecule has 1 amide bonds. The standard InChI is InChI=1S/C19H15BrN4OS/c1-2-10-26-19-22-18(25)16-14-8-3-4-9-15(14)21-17(24(16)23-19)12-6-5-7-13(20)11-12/h2-9,11,17H,1,10H2,(H,22,23,25)/t17-/m1/s1. The van der Waals surface area contributed by atoms with Crippen molar-refractivity contribution >= 4 is 44.5 Å². The maximum Gasteiger partial charge on any atom is 0.276 e. The summed E-state index contributed by atoms with van der Waals surface area (Å²) in [7, 11) is 0. The molecule has 0 radical (unpaired) electrons. The summed E-state index contributed by atoms with van der Waals surface area (Å²) in [5.41, 5.74) is 1.47. The first kappa shape index (κ1) is 17.1. The van der Waals surface area contributed by atoms with Crippen LogP contribution in [-0.2, 0) is 4.79 Å². The molecule has 0 spiro atoms. The summed E-state index contributed by atoms with van der Waals surface area (Å²) in [4.78, 5) is 17.7. The van der Waals surface area contributed by atoms with Gasteiger partial charge in [0.15, 0.2) is 11.3 Å². The van der Waals surface area contributed by atoms with Gasteiger partial charge in [0.25, 0.3) is 5.91 Å². The first-order valence-electron chi connectivity index (χ1n) is 8.03. The summed E-state index contributed by atoms with van der Waals surface area (Å²) in [5.74, 6) is 0.492. The molecule has 130 valence electrons. The average molecular weight is 427 g/mol. The molecule has 0 aromatic heterocycles. The van der Waals surface area contributed by atoms with E-state index in [2.05, 4.69) is 32.9 Å². The fourth-order valence-electron chi connectivity index (χ4n) is 2.91. The van der Waals surface area contributed by atoms with Gasteiger partial charge < -0.3 is 0 Å². The van der Waals surface area contributed by atoms with Crippen molar-refractivity contribution in [3.63, 3.8) is 0 Å². The molecule has 1 atom stereocenters. The Morgan fingerprint density at radius 1 is 1.27 bits per heavy atom. The van der Waals surface area contributed by atoms with Crippen molar-refractivity contribution in [2.75, 3.05) is 5.75 Å². The number of amides is 1. The number of hydrazone groups is 1. The predicted octanol–water partition coefficient (Wildman–Crippen LogP) is 2.51. The lowest BCUT2D eigenvalue weighted by molar-refractivity contribution is -0.116. The van der Waals surface area contributed by atoms with Crippen LogP contribution in [0.15, 0.2) is 75.8 Å². The van der Waals surface area contributed by atoms with Crippen molar-refractivity contribution in [1.82, 2.24) is 10.3 Å². The van der Waals surface area contributed by atoms with Gasteiger partial charge in [0.2, 0.25) is 0 Å². The molecule has 2 aromatic carbocycles. The van der Waals surface area contributed by atoms with Crippen LogP contribution in [0.4, 0.5) is 0 Å². The summed E-state index contributed by atoms with van der Waals surface area (Å²) in [6, 6.07) is 15.5. The van der Waals surface area contributed by atoms with Gasteiger partial charge in [-0.25, -0.2) is 5.01 Å². The molecule has 2 aliphatic rings. The normalized spacial score (nSPS) is 18.3. The van der Waals surface area contributed by atoms with Gasteiger partial charge in [-0.15, -0.1) is 11.7 Å². The highest BCUT2D eigenvalue weighted by molar-refractivity contribution is 9.10. The van der Waals surface area contributed by atoms with E-state index in [1.165, 1.54) is 11.8 Å². The van der Waals surface area contributed by atoms with Crippen molar-refractivity contribution in [3.8, 4) is 0 Å². The molecule has 7 heteroatoms. The minimum Gasteiger partial charge on any atom is -0.298 e. The Hall–Kier alpha value is -2.38. The van der Waals surface area contributed by atoms with Gasteiger partial charge in [-0.05, 0) is 23.8 Å². The maximum absolute atomic E-state index is 12.8. The number of hydrogen-bond donors (Lipinski definition) is 1. The smallest absolute Gasteiger partial charge is 0.276 e. The molecule has 4 rings (SSSR count). The molecule has 0 aliphatic carbocycles. The van der Waals surface area contributed by atoms with E-state index >= 15 is 0 Å². The molecule has 2 aromatic rings. The Kier molecular flexibility index (Phi) is 4.65. The van der Waals surface area contributed by atoms with Crippen molar-refractivity contribution in [2.24, 2.45) is 10.1 Å². The Bertz CT molecular complexity index is 1050. The number of nitrogens with zero attached hydrogens (tertiary/aromatic N) is 3. The third-order valence-corrected chi connectivity index (χ3v) is 5.35. The summed E-state index contributed by atoms with van der Waals surface area (Å²) in [5, 5.41) is 11.4. The maximum atomic E-state index is 12.8. The molecule has 0 saturated carbocycles. The number of thioether (sulfide) groups is 1. The predicted molar refractivity (Wildman–Crippen MR) is 108 cm³/mol. The molecule has 1 N–H and O–H groups in total. The molecule has 2 heterocycles. The number of carbonyl (C=O) groups is 1. The van der Waals surface area contributed by atoms with Crippen molar-refractivity contribution in [2.45, 2.75) is 6.17 Å². The van der Waals surface area contributed by atoms with E-state index in [1.54, 1.807) is 11.1 Å². The monoisotopic (exact) mass is 426 g/mol. The van der Waals surface area contributed by atoms with Crippen LogP contribution in [0.2, 0.25) is 0 Å². The fourth-order valence-corrected chi connectivity index (χ4v) is 3.92. The first-order chi connectivity index (χ1) is 12.7. The number of hydrogen-bond acceptors (Lipinski definition) is 5. The van der Waals surface area contributed by atoms with Crippen LogP contribution in [0.5, 0.6) is 0 Å². The molecule has 0 fully saturated rings. The van der Waals surface area contributed by atoms with Gasteiger partial charge >= 0.3 is 0 Å². The molecule has 0 saturated heterocycles. The van der Waals surface area contributed by atoms with Crippen LogP contribution in [0.3, 0.4) is 0 Å². The van der Waals surface area contributed by atoms with Gasteiger partial charge in [0.05, 0.1) is 5.36 Å². The van der Waals surface area contributed by atoms with Crippen molar-refractivity contribution < 1.29 is 4.79 Å². The Morgan fingerprint density at radius 2 is 2.12 bits per heavy atom. The zero-order valence-electron chi connectivity index (χ0n) is 13.7. The van der Waals surface area contributed by atoms with Crippen LogP contribution in [-0.4, -0.2) is 21.8 Å². The van der Waals surface area contributed by atoms with Gasteiger partial charge in [-0.2, -0.15) is 0 Å². The van der Waals surface area contributed by atoms with E-state index in [9.17, 15) is 4.79 Å². The molecule has 0 unspecified atom stereocenters. The summed E-state index contributed by atoms with van der Waals surface area (Å²) in [6.45, 7) is 3.72. The van der Waals surface area contributed by atoms with Crippen LogP contribution >= 0.6 is 27.7 Å². The van der Waals surface area contributed by atoms with Crippen LogP contribution < -0.4 is 15.9 Å². The average Bonchev–Trinajstić information content (AvgIpc) is 2.65. The molecule has 0 bridgehead atoms. The SMILES string of the molecule is C=CCSC1=NN2C(=c3ccccc3=N[C@H]2c2cccc(Br)c2)C(=O)N1. The molecule has 5 nitrogen and oxygen atoms in total. The lowest BCUT2D eigenvalue weighted by Crippen LogP contribution is -2.50. The Balaban J connectivity index is 1.92. The van der Waals surface area contributed by atoms with E-state index in [0.717, 1.165) is 20.6 Å². The van der Waals surface area contributed by atoms with E-state index in [0.29, 0.717) is 16.6 Å². The minimum absolute atomic E-state index is 0.172. The number of fused-ring (bicyclic) bond motifs is 2. The topological polar surface area (TPSA) is 57.1 Å². The summed E-state index contributed by atoms with van der Waals surface area (Å²) < 4.78 is 0.956. The number of carbonyl (C=O) groups excluding carboxylic acids is 1. The van der Waals surface area contributed by atoms with E-state index in [-0.39, 0.29) is 5.91 Å². The third-order valence-electron chi connectivity index (χ3n) is 4.00. The fraction of sp³-hybridized carbons (Fsp3) is 0.105.